The van der Waals surface area contributed by atoms with Crippen LogP contribution in [0.5, 0.6) is 5.75 Å². The highest BCUT2D eigenvalue weighted by Crippen LogP contribution is 2.29. The fourth-order valence-electron chi connectivity index (χ4n) is 3.90. The summed E-state index contributed by atoms with van der Waals surface area (Å²) in [7, 11) is 1.80. The van der Waals surface area contributed by atoms with Crippen LogP contribution in [-0.2, 0) is 7.05 Å². The Bertz CT molecular complexity index is 1200. The summed E-state index contributed by atoms with van der Waals surface area (Å²) in [5.74, 6) is 0.457. The summed E-state index contributed by atoms with van der Waals surface area (Å²) < 4.78 is 42.8. The SMILES string of the molecule is Cc1cc(OC(F)(F)F)ccc1NC(=O)N1CCN(c2nc(N)nc3cnn(C)c23)[C@@H](C)C1. The number of amides is 2. The lowest BCUT2D eigenvalue weighted by Crippen LogP contribution is -2.55. The average Bonchev–Trinajstić information content (AvgIpc) is 3.08. The second kappa shape index (κ2) is 8.30. The Morgan fingerprint density at radius 2 is 2.03 bits per heavy atom. The first-order chi connectivity index (χ1) is 15.5. The number of carbonyl (C=O) groups excluding carboxylic acids is 1. The molecule has 1 aliphatic rings. The lowest BCUT2D eigenvalue weighted by atomic mass is 10.1. The van der Waals surface area contributed by atoms with Crippen LogP contribution in [0.3, 0.4) is 0 Å². The summed E-state index contributed by atoms with van der Waals surface area (Å²) in [5, 5.41) is 6.99. The van der Waals surface area contributed by atoms with Gasteiger partial charge in [0, 0.05) is 38.4 Å². The van der Waals surface area contributed by atoms with E-state index in [2.05, 4.69) is 30.0 Å². The van der Waals surface area contributed by atoms with Gasteiger partial charge in [-0.2, -0.15) is 10.1 Å². The number of hydrogen-bond donors (Lipinski definition) is 2. The van der Waals surface area contributed by atoms with Crippen molar-refractivity contribution in [2.45, 2.75) is 26.3 Å². The molecule has 0 aliphatic carbocycles. The van der Waals surface area contributed by atoms with Gasteiger partial charge < -0.3 is 25.6 Å². The highest BCUT2D eigenvalue weighted by atomic mass is 19.4. The van der Waals surface area contributed by atoms with E-state index >= 15 is 0 Å². The van der Waals surface area contributed by atoms with Crippen LogP contribution in [0.1, 0.15) is 12.5 Å². The van der Waals surface area contributed by atoms with Crippen molar-refractivity contribution in [2.75, 3.05) is 35.6 Å². The fourth-order valence-corrected chi connectivity index (χ4v) is 3.90. The van der Waals surface area contributed by atoms with Crippen molar-refractivity contribution in [1.29, 1.82) is 0 Å². The minimum absolute atomic E-state index is 0.0828. The molecule has 1 aromatic carbocycles. The molecule has 0 radical (unpaired) electrons. The number of benzene rings is 1. The van der Waals surface area contributed by atoms with Crippen molar-refractivity contribution in [1.82, 2.24) is 24.6 Å². The van der Waals surface area contributed by atoms with Crippen LogP contribution in [0.15, 0.2) is 24.4 Å². The summed E-state index contributed by atoms with van der Waals surface area (Å²) >= 11 is 0. The molecular formula is C20H23F3N8O2. The van der Waals surface area contributed by atoms with Gasteiger partial charge in [-0.1, -0.05) is 0 Å². The Morgan fingerprint density at radius 3 is 2.70 bits per heavy atom. The summed E-state index contributed by atoms with van der Waals surface area (Å²) in [4.78, 5) is 25.2. The van der Waals surface area contributed by atoms with Crippen LogP contribution in [-0.4, -0.2) is 62.7 Å². The number of halogens is 3. The second-order valence-electron chi connectivity index (χ2n) is 7.85. The number of urea groups is 1. The molecule has 10 nitrogen and oxygen atoms in total. The van der Waals surface area contributed by atoms with E-state index in [1.54, 1.807) is 29.7 Å². The summed E-state index contributed by atoms with van der Waals surface area (Å²) in [6.07, 6.45) is -3.15. The Labute approximate surface area is 187 Å². The monoisotopic (exact) mass is 464 g/mol. The number of alkyl halides is 3. The lowest BCUT2D eigenvalue weighted by Gasteiger charge is -2.40. The fraction of sp³-hybridized carbons (Fsp3) is 0.400. The minimum Gasteiger partial charge on any atom is -0.406 e. The topological polar surface area (TPSA) is 114 Å². The van der Waals surface area contributed by atoms with E-state index in [0.717, 1.165) is 11.6 Å². The van der Waals surface area contributed by atoms with Crippen molar-refractivity contribution in [2.24, 2.45) is 7.05 Å². The summed E-state index contributed by atoms with van der Waals surface area (Å²) in [6.45, 7) is 4.88. The largest absolute Gasteiger partial charge is 0.573 e. The Hall–Kier alpha value is -3.77. The van der Waals surface area contributed by atoms with Crippen LogP contribution in [0, 0.1) is 6.92 Å². The van der Waals surface area contributed by atoms with Crippen LogP contribution < -0.4 is 20.7 Å². The van der Waals surface area contributed by atoms with E-state index in [0.29, 0.717) is 42.2 Å². The van der Waals surface area contributed by atoms with Gasteiger partial charge in [0.15, 0.2) is 5.82 Å². The smallest absolute Gasteiger partial charge is 0.406 e. The van der Waals surface area contributed by atoms with E-state index in [1.165, 1.54) is 12.1 Å². The maximum Gasteiger partial charge on any atom is 0.573 e. The van der Waals surface area contributed by atoms with Gasteiger partial charge in [-0.05, 0) is 37.6 Å². The molecule has 1 atom stereocenters. The third-order valence-electron chi connectivity index (χ3n) is 5.45. The van der Waals surface area contributed by atoms with Gasteiger partial charge in [-0.3, -0.25) is 4.68 Å². The molecule has 0 bridgehead atoms. The maximum absolute atomic E-state index is 12.8. The van der Waals surface area contributed by atoms with Gasteiger partial charge in [-0.25, -0.2) is 9.78 Å². The average molecular weight is 464 g/mol. The molecule has 13 heteroatoms. The third kappa shape index (κ3) is 4.71. The number of aromatic nitrogens is 4. The minimum atomic E-state index is -4.78. The molecule has 4 rings (SSSR count). The van der Waals surface area contributed by atoms with Crippen molar-refractivity contribution in [3.8, 4) is 5.75 Å². The zero-order chi connectivity index (χ0) is 23.9. The number of nitrogens with one attached hydrogen (secondary N) is 1. The van der Waals surface area contributed by atoms with Crippen LogP contribution in [0.2, 0.25) is 0 Å². The molecule has 0 saturated carbocycles. The lowest BCUT2D eigenvalue weighted by molar-refractivity contribution is -0.274. The number of nitrogens with two attached hydrogens (primary N) is 1. The number of nitrogens with zero attached hydrogens (tertiary/aromatic N) is 6. The van der Waals surface area contributed by atoms with Gasteiger partial charge >= 0.3 is 12.4 Å². The number of anilines is 3. The van der Waals surface area contributed by atoms with Gasteiger partial charge in [-0.15, -0.1) is 13.2 Å². The van der Waals surface area contributed by atoms with Crippen LogP contribution in [0.4, 0.5) is 35.4 Å². The summed E-state index contributed by atoms with van der Waals surface area (Å²) in [6, 6.07) is 3.34. The number of carbonyl (C=O) groups is 1. The van der Waals surface area contributed by atoms with E-state index in [-0.39, 0.29) is 23.8 Å². The Morgan fingerprint density at radius 1 is 1.27 bits per heavy atom. The maximum atomic E-state index is 12.8. The number of rotatable bonds is 3. The number of ether oxygens (including phenoxy) is 1. The van der Waals surface area contributed by atoms with Crippen molar-refractivity contribution in [3.05, 3.63) is 30.0 Å². The molecular weight excluding hydrogens is 441 g/mol. The van der Waals surface area contributed by atoms with Crippen molar-refractivity contribution < 1.29 is 22.7 Å². The predicted octanol–water partition coefficient (Wildman–Crippen LogP) is 2.90. The van der Waals surface area contributed by atoms with E-state index in [4.69, 9.17) is 5.73 Å². The molecule has 3 heterocycles. The van der Waals surface area contributed by atoms with Gasteiger partial charge in [0.2, 0.25) is 5.95 Å². The molecule has 1 saturated heterocycles. The predicted molar refractivity (Wildman–Crippen MR) is 116 cm³/mol. The zero-order valence-electron chi connectivity index (χ0n) is 18.2. The Balaban J connectivity index is 1.45. The van der Waals surface area contributed by atoms with Crippen LogP contribution >= 0.6 is 0 Å². The first-order valence-electron chi connectivity index (χ1n) is 10.2. The molecule has 1 aliphatic heterocycles. The molecule has 0 unspecified atom stereocenters. The zero-order valence-corrected chi connectivity index (χ0v) is 18.2. The summed E-state index contributed by atoms with van der Waals surface area (Å²) in [5.41, 5.74) is 8.13. The van der Waals surface area contributed by atoms with E-state index in [9.17, 15) is 18.0 Å². The highest BCUT2D eigenvalue weighted by molar-refractivity contribution is 5.91. The second-order valence-corrected chi connectivity index (χ2v) is 7.85. The van der Waals surface area contributed by atoms with E-state index < -0.39 is 6.36 Å². The van der Waals surface area contributed by atoms with Crippen LogP contribution in [0.25, 0.3) is 11.0 Å². The molecule has 2 aromatic heterocycles. The number of nitrogen functional groups attached to an aromatic ring is 1. The number of aryl methyl sites for hydroxylation is 2. The highest BCUT2D eigenvalue weighted by Gasteiger charge is 2.32. The molecule has 176 valence electrons. The molecule has 33 heavy (non-hydrogen) atoms. The van der Waals surface area contributed by atoms with E-state index in [1.807, 2.05) is 6.92 Å². The molecule has 3 aromatic rings. The molecule has 3 N–H and O–H groups in total. The standard InChI is InChI=1S/C20H23F3N8O2/c1-11-8-13(33-20(21,22)23)4-5-14(11)27-19(32)30-6-7-31(12(2)10-30)17-16-15(9-25-29(16)3)26-18(24)28-17/h4-5,8-9,12H,6-7,10H2,1-3H3,(H,27,32)(H2,24,26,28)/t12-/m0/s1. The molecule has 1 fully saturated rings. The normalized spacial score (nSPS) is 16.8. The van der Waals surface area contributed by atoms with Gasteiger partial charge in [0.25, 0.3) is 0 Å². The van der Waals surface area contributed by atoms with Crippen molar-refractivity contribution in [3.63, 3.8) is 0 Å². The third-order valence-corrected chi connectivity index (χ3v) is 5.45. The quantitative estimate of drug-likeness (QED) is 0.613. The molecule has 2 amide bonds. The van der Waals surface area contributed by atoms with Gasteiger partial charge in [0.1, 0.15) is 16.8 Å². The molecule has 0 spiro atoms. The number of piperazine rings is 1. The first kappa shape index (κ1) is 22.4. The number of fused-ring (bicyclic) bond motifs is 1. The number of hydrogen-bond acceptors (Lipinski definition) is 7. The first-order valence-corrected chi connectivity index (χ1v) is 10.2. The Kier molecular flexibility index (Phi) is 5.64. The van der Waals surface area contributed by atoms with Crippen molar-refractivity contribution >= 4 is 34.5 Å². The van der Waals surface area contributed by atoms with Gasteiger partial charge in [0.05, 0.1) is 6.20 Å².